The van der Waals surface area contributed by atoms with Gasteiger partial charge in [0, 0.05) is 17.5 Å². The summed E-state index contributed by atoms with van der Waals surface area (Å²) in [4.78, 5) is 17.5. The lowest BCUT2D eigenvalue weighted by atomic mass is 9.69. The average molecular weight is 471 g/mol. The maximum Gasteiger partial charge on any atom is 0.362 e. The van der Waals surface area contributed by atoms with Crippen LogP contribution in [-0.4, -0.2) is 35.8 Å². The van der Waals surface area contributed by atoms with E-state index in [4.69, 9.17) is 9.73 Å². The molecule has 0 radical (unpaired) electrons. The van der Waals surface area contributed by atoms with Crippen LogP contribution in [0.3, 0.4) is 0 Å². The molecule has 5 nitrogen and oxygen atoms in total. The van der Waals surface area contributed by atoms with Crippen molar-refractivity contribution in [1.29, 1.82) is 0 Å². The monoisotopic (exact) mass is 470 g/mol. The minimum atomic E-state index is -0.592. The molecular weight excluding hydrogens is 424 g/mol. The Kier molecular flexibility index (Phi) is 12.9. The SMILES string of the molecule is CCCCCCCCCCCCOC(=O)/C(=N/O)C1=NCC(CCC)(CCC)c2ccccc21. The molecule has 0 bridgehead atoms. The van der Waals surface area contributed by atoms with Gasteiger partial charge >= 0.3 is 5.97 Å². The molecule has 1 aromatic carbocycles. The number of aliphatic imine (C=N–C) groups is 1. The third kappa shape index (κ3) is 7.95. The van der Waals surface area contributed by atoms with Crippen LogP contribution in [0.1, 0.15) is 122 Å². The number of rotatable bonds is 17. The first-order chi connectivity index (χ1) is 16.6. The third-order valence-corrected chi connectivity index (χ3v) is 7.00. The minimum absolute atomic E-state index is 0.0237. The van der Waals surface area contributed by atoms with Crippen molar-refractivity contribution in [2.75, 3.05) is 13.2 Å². The highest BCUT2D eigenvalue weighted by Crippen LogP contribution is 2.40. The second kappa shape index (κ2) is 15.7. The van der Waals surface area contributed by atoms with E-state index in [1.54, 1.807) is 0 Å². The van der Waals surface area contributed by atoms with Crippen molar-refractivity contribution in [1.82, 2.24) is 0 Å². The number of oxime groups is 1. The molecule has 5 heteroatoms. The van der Waals surface area contributed by atoms with Gasteiger partial charge in [-0.05, 0) is 24.8 Å². The first kappa shape index (κ1) is 28.1. The van der Waals surface area contributed by atoms with E-state index >= 15 is 0 Å². The number of esters is 1. The molecular formula is C29H46N2O3. The van der Waals surface area contributed by atoms with Gasteiger partial charge in [-0.3, -0.25) is 4.99 Å². The number of carbonyl (C=O) groups excluding carboxylic acids is 1. The third-order valence-electron chi connectivity index (χ3n) is 7.00. The van der Waals surface area contributed by atoms with E-state index < -0.39 is 5.97 Å². The normalized spacial score (nSPS) is 15.0. The summed E-state index contributed by atoms with van der Waals surface area (Å²) in [6.45, 7) is 7.59. The molecule has 190 valence electrons. The Bertz CT molecular complexity index is 794. The number of carbonyl (C=O) groups is 1. The molecule has 1 aliphatic heterocycles. The highest BCUT2D eigenvalue weighted by Gasteiger charge is 2.38. The van der Waals surface area contributed by atoms with Crippen molar-refractivity contribution >= 4 is 17.4 Å². The Balaban J connectivity index is 1.88. The summed E-state index contributed by atoms with van der Waals surface area (Å²) >= 11 is 0. The smallest absolute Gasteiger partial charge is 0.362 e. The van der Waals surface area contributed by atoms with Gasteiger partial charge in [-0.2, -0.15) is 0 Å². The summed E-state index contributed by atoms with van der Waals surface area (Å²) < 4.78 is 5.47. The van der Waals surface area contributed by atoms with E-state index in [1.165, 1.54) is 56.9 Å². The molecule has 0 saturated carbocycles. The Morgan fingerprint density at radius 1 is 0.912 bits per heavy atom. The molecule has 0 aromatic heterocycles. The number of fused-ring (bicyclic) bond motifs is 1. The fourth-order valence-corrected chi connectivity index (χ4v) is 5.27. The quantitative estimate of drug-likeness (QED) is 0.0836. The minimum Gasteiger partial charge on any atom is -0.461 e. The maximum atomic E-state index is 12.8. The molecule has 34 heavy (non-hydrogen) atoms. The van der Waals surface area contributed by atoms with Gasteiger partial charge in [0.1, 0.15) is 5.71 Å². The Labute approximate surface area is 207 Å². The van der Waals surface area contributed by atoms with Crippen LogP contribution < -0.4 is 0 Å². The molecule has 1 aliphatic rings. The second-order valence-corrected chi connectivity index (χ2v) is 9.76. The van der Waals surface area contributed by atoms with Gasteiger partial charge in [0.2, 0.25) is 5.71 Å². The molecule has 0 spiro atoms. The van der Waals surface area contributed by atoms with Crippen molar-refractivity contribution in [2.24, 2.45) is 10.1 Å². The van der Waals surface area contributed by atoms with Crippen LogP contribution >= 0.6 is 0 Å². The van der Waals surface area contributed by atoms with Gasteiger partial charge in [0.15, 0.2) is 0 Å². The molecule has 0 amide bonds. The molecule has 0 aliphatic carbocycles. The van der Waals surface area contributed by atoms with E-state index in [0.29, 0.717) is 18.9 Å². The van der Waals surface area contributed by atoms with E-state index in [-0.39, 0.29) is 11.1 Å². The Hall–Kier alpha value is -2.17. The Morgan fingerprint density at radius 2 is 1.50 bits per heavy atom. The molecule has 1 heterocycles. The molecule has 0 saturated heterocycles. The number of hydrogen-bond donors (Lipinski definition) is 1. The van der Waals surface area contributed by atoms with E-state index in [9.17, 15) is 10.0 Å². The number of unbranched alkanes of at least 4 members (excludes halogenated alkanes) is 9. The van der Waals surface area contributed by atoms with Crippen LogP contribution in [0.5, 0.6) is 0 Å². The van der Waals surface area contributed by atoms with Gasteiger partial charge in [-0.15, -0.1) is 0 Å². The fourth-order valence-electron chi connectivity index (χ4n) is 5.27. The van der Waals surface area contributed by atoms with Crippen LogP contribution in [0.2, 0.25) is 0 Å². The largest absolute Gasteiger partial charge is 0.461 e. The van der Waals surface area contributed by atoms with Gasteiger partial charge in [0.05, 0.1) is 6.61 Å². The summed E-state index contributed by atoms with van der Waals surface area (Å²) in [5.74, 6) is -0.592. The highest BCUT2D eigenvalue weighted by molar-refractivity contribution is 6.69. The number of benzene rings is 1. The van der Waals surface area contributed by atoms with Gasteiger partial charge in [0.25, 0.3) is 0 Å². The standard InChI is InChI=1S/C29H46N2O3/c1-4-7-8-9-10-11-12-13-14-17-22-34-28(32)27(31-33)26-24-18-15-16-19-25(24)29(20-5-2,21-6-3)23-30-26/h15-16,18-19,33H,4-14,17,20-23H2,1-3H3/b31-27+. The van der Waals surface area contributed by atoms with Crippen molar-refractivity contribution in [3.63, 3.8) is 0 Å². The van der Waals surface area contributed by atoms with Crippen molar-refractivity contribution < 1.29 is 14.7 Å². The van der Waals surface area contributed by atoms with Crippen molar-refractivity contribution in [2.45, 2.75) is 116 Å². The number of hydrogen-bond acceptors (Lipinski definition) is 5. The zero-order valence-corrected chi connectivity index (χ0v) is 21.8. The summed E-state index contributed by atoms with van der Waals surface area (Å²) in [7, 11) is 0. The molecule has 1 aromatic rings. The van der Waals surface area contributed by atoms with Crippen LogP contribution in [0.4, 0.5) is 0 Å². The lowest BCUT2D eigenvalue weighted by Crippen LogP contribution is -2.39. The average Bonchev–Trinajstić information content (AvgIpc) is 2.85. The van der Waals surface area contributed by atoms with Crippen LogP contribution in [-0.2, 0) is 14.9 Å². The first-order valence-electron chi connectivity index (χ1n) is 13.7. The molecule has 0 unspecified atom stereocenters. The van der Waals surface area contributed by atoms with Crippen LogP contribution in [0, 0.1) is 0 Å². The van der Waals surface area contributed by atoms with Crippen LogP contribution in [0.15, 0.2) is 34.4 Å². The molecule has 2 rings (SSSR count). The van der Waals surface area contributed by atoms with E-state index in [0.717, 1.165) is 44.1 Å². The summed E-state index contributed by atoms with van der Waals surface area (Å²) in [6, 6.07) is 8.11. The number of ether oxygens (including phenoxy) is 1. The van der Waals surface area contributed by atoms with Gasteiger partial charge in [-0.1, -0.05) is 121 Å². The number of nitrogens with zero attached hydrogens (tertiary/aromatic N) is 2. The summed E-state index contributed by atoms with van der Waals surface area (Å²) in [6.07, 6.45) is 16.5. The van der Waals surface area contributed by atoms with E-state index in [2.05, 4.69) is 32.0 Å². The summed E-state index contributed by atoms with van der Waals surface area (Å²) in [5.41, 5.74) is 2.44. The Morgan fingerprint density at radius 3 is 2.09 bits per heavy atom. The van der Waals surface area contributed by atoms with Gasteiger partial charge < -0.3 is 9.94 Å². The predicted octanol–water partition coefficient (Wildman–Crippen LogP) is 7.62. The van der Waals surface area contributed by atoms with Gasteiger partial charge in [-0.25, -0.2) is 4.79 Å². The molecule has 1 N–H and O–H groups in total. The molecule has 0 atom stereocenters. The maximum absolute atomic E-state index is 12.8. The van der Waals surface area contributed by atoms with Crippen LogP contribution in [0.25, 0.3) is 0 Å². The van der Waals surface area contributed by atoms with Crippen molar-refractivity contribution in [3.05, 3.63) is 35.4 Å². The predicted molar refractivity (Wildman–Crippen MR) is 141 cm³/mol. The lowest BCUT2D eigenvalue weighted by Gasteiger charge is -2.37. The lowest BCUT2D eigenvalue weighted by molar-refractivity contribution is -0.135. The zero-order chi connectivity index (χ0) is 24.7. The summed E-state index contributed by atoms with van der Waals surface area (Å²) in [5, 5.41) is 13.0. The second-order valence-electron chi connectivity index (χ2n) is 9.76. The topological polar surface area (TPSA) is 71.2 Å². The molecule has 0 fully saturated rings. The van der Waals surface area contributed by atoms with E-state index in [1.807, 2.05) is 18.2 Å². The van der Waals surface area contributed by atoms with Crippen molar-refractivity contribution in [3.8, 4) is 0 Å². The zero-order valence-electron chi connectivity index (χ0n) is 21.8. The fraction of sp³-hybridized carbons (Fsp3) is 0.690. The first-order valence-corrected chi connectivity index (χ1v) is 13.7. The highest BCUT2D eigenvalue weighted by atomic mass is 16.5.